The summed E-state index contributed by atoms with van der Waals surface area (Å²) >= 11 is 3.49. The van der Waals surface area contributed by atoms with Crippen molar-refractivity contribution in [3.63, 3.8) is 0 Å². The summed E-state index contributed by atoms with van der Waals surface area (Å²) in [4.78, 5) is 12.0. The van der Waals surface area contributed by atoms with Gasteiger partial charge in [-0.25, -0.2) is 0 Å². The standard InChI is InChI=1S/C18H19BrO4/c1-12-5-4-6-14(9-12)23-18(20)8-7-13-10-16(21-2)17(22-3)11-15(13)19/h4-6,9-11H,7-8H2,1-3H3. The minimum absolute atomic E-state index is 0.266. The fraction of sp³-hybridized carbons (Fsp3) is 0.278. The Labute approximate surface area is 144 Å². The molecule has 4 nitrogen and oxygen atoms in total. The van der Waals surface area contributed by atoms with E-state index in [-0.39, 0.29) is 12.4 Å². The van der Waals surface area contributed by atoms with Gasteiger partial charge in [-0.2, -0.15) is 0 Å². The Morgan fingerprint density at radius 3 is 2.43 bits per heavy atom. The lowest BCUT2D eigenvalue weighted by molar-refractivity contribution is -0.134. The quantitative estimate of drug-likeness (QED) is 0.554. The molecule has 0 spiro atoms. The van der Waals surface area contributed by atoms with Gasteiger partial charge in [0.1, 0.15) is 5.75 Å². The molecular weight excluding hydrogens is 360 g/mol. The molecule has 2 aromatic carbocycles. The summed E-state index contributed by atoms with van der Waals surface area (Å²) in [5.74, 6) is 1.59. The predicted molar refractivity (Wildman–Crippen MR) is 92.4 cm³/mol. The van der Waals surface area contributed by atoms with Crippen molar-refractivity contribution in [2.45, 2.75) is 19.8 Å². The molecule has 0 N–H and O–H groups in total. The number of halogens is 1. The number of methoxy groups -OCH3 is 2. The van der Waals surface area contributed by atoms with E-state index in [9.17, 15) is 4.79 Å². The van der Waals surface area contributed by atoms with Crippen LogP contribution in [-0.4, -0.2) is 20.2 Å². The van der Waals surface area contributed by atoms with Gasteiger partial charge in [0.2, 0.25) is 0 Å². The number of carbonyl (C=O) groups excluding carboxylic acids is 1. The van der Waals surface area contributed by atoms with Crippen molar-refractivity contribution in [2.75, 3.05) is 14.2 Å². The highest BCUT2D eigenvalue weighted by Crippen LogP contribution is 2.33. The van der Waals surface area contributed by atoms with Crippen LogP contribution < -0.4 is 14.2 Å². The van der Waals surface area contributed by atoms with Crippen LogP contribution in [-0.2, 0) is 11.2 Å². The molecule has 2 rings (SSSR count). The Kier molecular flexibility index (Phi) is 6.04. The van der Waals surface area contributed by atoms with Crippen LogP contribution in [0.25, 0.3) is 0 Å². The highest BCUT2D eigenvalue weighted by Gasteiger charge is 2.12. The van der Waals surface area contributed by atoms with E-state index in [4.69, 9.17) is 14.2 Å². The second-order valence-electron chi connectivity index (χ2n) is 5.09. The third kappa shape index (κ3) is 4.73. The van der Waals surface area contributed by atoms with Crippen molar-refractivity contribution in [3.8, 4) is 17.2 Å². The molecule has 0 atom stereocenters. The van der Waals surface area contributed by atoms with Crippen molar-refractivity contribution in [1.82, 2.24) is 0 Å². The lowest BCUT2D eigenvalue weighted by Crippen LogP contribution is -2.09. The van der Waals surface area contributed by atoms with Crippen molar-refractivity contribution in [2.24, 2.45) is 0 Å². The molecule has 23 heavy (non-hydrogen) atoms. The first-order chi connectivity index (χ1) is 11.0. The third-order valence-corrected chi connectivity index (χ3v) is 4.11. The number of hydrogen-bond acceptors (Lipinski definition) is 4. The number of rotatable bonds is 6. The van der Waals surface area contributed by atoms with Gasteiger partial charge in [0.15, 0.2) is 11.5 Å². The number of esters is 1. The van der Waals surface area contributed by atoms with Gasteiger partial charge in [0, 0.05) is 4.47 Å². The first-order valence-electron chi connectivity index (χ1n) is 7.21. The molecule has 0 aliphatic heterocycles. The molecule has 0 amide bonds. The molecular formula is C18H19BrO4. The van der Waals surface area contributed by atoms with Crippen LogP contribution in [0, 0.1) is 6.92 Å². The molecule has 0 heterocycles. The summed E-state index contributed by atoms with van der Waals surface area (Å²) in [6, 6.07) is 11.1. The lowest BCUT2D eigenvalue weighted by Gasteiger charge is -2.12. The second-order valence-corrected chi connectivity index (χ2v) is 5.94. The lowest BCUT2D eigenvalue weighted by atomic mass is 10.1. The molecule has 0 saturated heterocycles. The summed E-state index contributed by atoms with van der Waals surface area (Å²) in [7, 11) is 3.17. The zero-order chi connectivity index (χ0) is 16.8. The average Bonchev–Trinajstić information content (AvgIpc) is 2.53. The van der Waals surface area contributed by atoms with Gasteiger partial charge in [-0.05, 0) is 48.7 Å². The smallest absolute Gasteiger partial charge is 0.311 e. The van der Waals surface area contributed by atoms with Crippen LogP contribution in [0.4, 0.5) is 0 Å². The van der Waals surface area contributed by atoms with Crippen molar-refractivity contribution < 1.29 is 19.0 Å². The monoisotopic (exact) mass is 378 g/mol. The molecule has 0 saturated carbocycles. The number of ether oxygens (including phenoxy) is 3. The van der Waals surface area contributed by atoms with Crippen LogP contribution >= 0.6 is 15.9 Å². The molecule has 0 aliphatic carbocycles. The molecule has 0 aromatic heterocycles. The Bertz CT molecular complexity index is 697. The number of benzene rings is 2. The van der Waals surface area contributed by atoms with Crippen molar-refractivity contribution in [3.05, 3.63) is 52.0 Å². The number of hydrogen-bond donors (Lipinski definition) is 0. The van der Waals surface area contributed by atoms with E-state index in [2.05, 4.69) is 15.9 Å². The van der Waals surface area contributed by atoms with E-state index in [1.807, 2.05) is 37.3 Å². The van der Waals surface area contributed by atoms with Gasteiger partial charge in [0.25, 0.3) is 0 Å². The molecule has 2 aromatic rings. The summed E-state index contributed by atoms with van der Waals surface area (Å²) < 4.78 is 16.7. The summed E-state index contributed by atoms with van der Waals surface area (Å²) in [5, 5.41) is 0. The maximum Gasteiger partial charge on any atom is 0.311 e. The van der Waals surface area contributed by atoms with Gasteiger partial charge in [-0.3, -0.25) is 4.79 Å². The van der Waals surface area contributed by atoms with Crippen molar-refractivity contribution >= 4 is 21.9 Å². The van der Waals surface area contributed by atoms with Crippen LogP contribution in [0.3, 0.4) is 0 Å². The molecule has 5 heteroatoms. The molecule has 0 unspecified atom stereocenters. The molecule has 0 aliphatic rings. The van der Waals surface area contributed by atoms with Gasteiger partial charge >= 0.3 is 5.97 Å². The first-order valence-corrected chi connectivity index (χ1v) is 8.00. The fourth-order valence-electron chi connectivity index (χ4n) is 2.19. The minimum Gasteiger partial charge on any atom is -0.493 e. The first kappa shape index (κ1) is 17.3. The van der Waals surface area contributed by atoms with E-state index in [1.165, 1.54) is 0 Å². The van der Waals surface area contributed by atoms with Crippen LogP contribution in [0.1, 0.15) is 17.5 Å². The zero-order valence-corrected chi connectivity index (χ0v) is 15.0. The fourth-order valence-corrected chi connectivity index (χ4v) is 2.71. The zero-order valence-electron chi connectivity index (χ0n) is 13.4. The number of aryl methyl sites for hydroxylation is 2. The molecule has 0 bridgehead atoms. The minimum atomic E-state index is -0.266. The third-order valence-electron chi connectivity index (χ3n) is 3.37. The predicted octanol–water partition coefficient (Wildman–Crippen LogP) is 4.31. The SMILES string of the molecule is COc1cc(Br)c(CCC(=O)Oc2cccc(C)c2)cc1OC. The van der Waals surface area contributed by atoms with E-state index in [0.717, 1.165) is 15.6 Å². The van der Waals surface area contributed by atoms with E-state index in [0.29, 0.717) is 23.7 Å². The summed E-state index contributed by atoms with van der Waals surface area (Å²) in [6.45, 7) is 1.96. The maximum absolute atomic E-state index is 12.0. The molecule has 0 radical (unpaired) electrons. The molecule has 122 valence electrons. The van der Waals surface area contributed by atoms with Gasteiger partial charge in [0.05, 0.1) is 20.6 Å². The van der Waals surface area contributed by atoms with E-state index < -0.39 is 0 Å². The normalized spacial score (nSPS) is 10.3. The summed E-state index contributed by atoms with van der Waals surface area (Å²) in [6.07, 6.45) is 0.827. The Balaban J connectivity index is 2.01. The molecule has 0 fully saturated rings. The van der Waals surface area contributed by atoms with Crippen LogP contribution in [0.15, 0.2) is 40.9 Å². The highest BCUT2D eigenvalue weighted by molar-refractivity contribution is 9.10. The van der Waals surface area contributed by atoms with Gasteiger partial charge < -0.3 is 14.2 Å². The van der Waals surface area contributed by atoms with Crippen LogP contribution in [0.2, 0.25) is 0 Å². The van der Waals surface area contributed by atoms with Gasteiger partial charge in [-0.15, -0.1) is 0 Å². The Hall–Kier alpha value is -2.01. The Morgan fingerprint density at radius 1 is 1.09 bits per heavy atom. The summed E-state index contributed by atoms with van der Waals surface area (Å²) in [5.41, 5.74) is 2.02. The van der Waals surface area contributed by atoms with Crippen molar-refractivity contribution in [1.29, 1.82) is 0 Å². The average molecular weight is 379 g/mol. The van der Waals surface area contributed by atoms with E-state index in [1.54, 1.807) is 20.3 Å². The van der Waals surface area contributed by atoms with Gasteiger partial charge in [-0.1, -0.05) is 28.1 Å². The highest BCUT2D eigenvalue weighted by atomic mass is 79.9. The topological polar surface area (TPSA) is 44.8 Å². The maximum atomic E-state index is 12.0. The Morgan fingerprint density at radius 2 is 1.78 bits per heavy atom. The largest absolute Gasteiger partial charge is 0.493 e. The van der Waals surface area contributed by atoms with E-state index >= 15 is 0 Å². The number of carbonyl (C=O) groups is 1. The van der Waals surface area contributed by atoms with Crippen LogP contribution in [0.5, 0.6) is 17.2 Å². The second kappa shape index (κ2) is 8.02.